The van der Waals surface area contributed by atoms with Gasteiger partial charge in [0.1, 0.15) is 11.4 Å². The molecule has 1 aromatic heterocycles. The molecule has 0 radical (unpaired) electrons. The number of amides is 1. The van der Waals surface area contributed by atoms with E-state index in [9.17, 15) is 24.3 Å². The van der Waals surface area contributed by atoms with Crippen LogP contribution in [-0.2, 0) is 4.79 Å². The molecule has 1 saturated carbocycles. The van der Waals surface area contributed by atoms with Crippen LogP contribution in [0, 0.1) is 5.92 Å². The molecular weight excluding hydrogens is 438 g/mol. The second kappa shape index (κ2) is 8.93. The van der Waals surface area contributed by atoms with Gasteiger partial charge in [-0.2, -0.15) is 4.98 Å². The maximum Gasteiger partial charge on any atom is 0.352 e. The quantitative estimate of drug-likeness (QED) is 0.403. The second-order valence-electron chi connectivity index (χ2n) is 8.59. The van der Waals surface area contributed by atoms with Crippen molar-refractivity contribution in [2.45, 2.75) is 31.2 Å². The van der Waals surface area contributed by atoms with Crippen molar-refractivity contribution in [3.05, 3.63) is 88.1 Å². The lowest BCUT2D eigenvalue weighted by molar-refractivity contribution is -0.141. The van der Waals surface area contributed by atoms with Crippen molar-refractivity contribution < 1.29 is 24.6 Å². The zero-order chi connectivity index (χ0) is 24.5. The Labute approximate surface area is 194 Å². The van der Waals surface area contributed by atoms with E-state index in [1.807, 2.05) is 54.6 Å². The molecule has 9 heteroatoms. The van der Waals surface area contributed by atoms with E-state index in [4.69, 9.17) is 5.11 Å². The van der Waals surface area contributed by atoms with Gasteiger partial charge in [0, 0.05) is 17.5 Å². The summed E-state index contributed by atoms with van der Waals surface area (Å²) in [6.07, 6.45) is 0.685. The molecule has 2 aromatic carbocycles. The third-order valence-electron chi connectivity index (χ3n) is 6.16. The first-order valence-electron chi connectivity index (χ1n) is 10.7. The van der Waals surface area contributed by atoms with Crippen molar-refractivity contribution in [2.24, 2.45) is 5.92 Å². The van der Waals surface area contributed by atoms with Crippen LogP contribution in [0.5, 0.6) is 0 Å². The molecule has 1 heterocycles. The zero-order valence-corrected chi connectivity index (χ0v) is 18.3. The van der Waals surface area contributed by atoms with Gasteiger partial charge in [-0.15, -0.1) is 0 Å². The largest absolute Gasteiger partial charge is 0.481 e. The number of rotatable bonds is 8. The maximum absolute atomic E-state index is 12.9. The van der Waals surface area contributed by atoms with E-state index in [1.165, 1.54) is 0 Å². The number of aromatic amines is 1. The normalized spacial score (nSPS) is 19.7. The summed E-state index contributed by atoms with van der Waals surface area (Å²) in [7, 11) is 0. The predicted octanol–water partition coefficient (Wildman–Crippen LogP) is 2.90. The summed E-state index contributed by atoms with van der Waals surface area (Å²) >= 11 is 0. The van der Waals surface area contributed by atoms with Crippen molar-refractivity contribution in [1.29, 1.82) is 0 Å². The van der Waals surface area contributed by atoms with Gasteiger partial charge >= 0.3 is 17.6 Å². The number of aromatic nitrogens is 2. The summed E-state index contributed by atoms with van der Waals surface area (Å²) in [5.74, 6) is -3.97. The third-order valence-corrected chi connectivity index (χ3v) is 6.16. The lowest BCUT2D eigenvalue weighted by Crippen LogP contribution is -2.41. The van der Waals surface area contributed by atoms with Gasteiger partial charge in [0.2, 0.25) is 0 Å². The minimum absolute atomic E-state index is 0.135. The van der Waals surface area contributed by atoms with Crippen LogP contribution in [0.25, 0.3) is 11.1 Å². The summed E-state index contributed by atoms with van der Waals surface area (Å²) in [4.78, 5) is 53.0. The van der Waals surface area contributed by atoms with E-state index < -0.39 is 40.7 Å². The number of aromatic carboxylic acids is 1. The zero-order valence-electron chi connectivity index (χ0n) is 18.3. The number of nitrogens with zero attached hydrogens (tertiary/aromatic N) is 1. The minimum atomic E-state index is -1.40. The van der Waals surface area contributed by atoms with Crippen LogP contribution in [0.2, 0.25) is 0 Å². The number of nitrogens with one attached hydrogen (secondary N) is 2. The van der Waals surface area contributed by atoms with E-state index in [1.54, 1.807) is 6.92 Å². The number of carboxylic acid groups (broad SMARTS) is 2. The smallest absolute Gasteiger partial charge is 0.352 e. The summed E-state index contributed by atoms with van der Waals surface area (Å²) in [5.41, 5.74) is 0.447. The Morgan fingerprint density at radius 3 is 2.35 bits per heavy atom. The number of benzene rings is 2. The standard InChI is InChI=1S/C25H23N3O6/c1-14(22(30)31)12-25(28-21(29)19-11-20(23(32)33)27-24(34)26-19)13-18(25)17-9-7-16(8-10-17)15-5-3-2-4-6-15/h2-11,14,18H,12-13H2,1H3,(H,28,29)(H,30,31)(H,32,33)(H,26,27,34)/t14-,18+,25?/m1/s1. The number of carbonyl (C=O) groups is 3. The fourth-order valence-corrected chi connectivity index (χ4v) is 4.31. The Morgan fingerprint density at radius 1 is 1.09 bits per heavy atom. The van der Waals surface area contributed by atoms with Crippen molar-refractivity contribution in [3.63, 3.8) is 0 Å². The first kappa shape index (κ1) is 22.9. The average Bonchev–Trinajstić information content (AvgIpc) is 3.52. The average molecular weight is 461 g/mol. The van der Waals surface area contributed by atoms with Gasteiger partial charge < -0.3 is 15.5 Å². The van der Waals surface area contributed by atoms with Gasteiger partial charge in [0.05, 0.1) is 5.92 Å². The van der Waals surface area contributed by atoms with Crippen LogP contribution >= 0.6 is 0 Å². The SMILES string of the molecule is C[C@H](CC1(NC(=O)c2cc(C(=O)O)[nH]c(=O)n2)C[C@H]1c1ccc(-c2ccccc2)cc1)C(=O)O. The highest BCUT2D eigenvalue weighted by molar-refractivity contribution is 5.95. The monoisotopic (exact) mass is 461 g/mol. The van der Waals surface area contributed by atoms with Crippen LogP contribution in [0.15, 0.2) is 65.5 Å². The second-order valence-corrected chi connectivity index (χ2v) is 8.59. The fourth-order valence-electron chi connectivity index (χ4n) is 4.31. The highest BCUT2D eigenvalue weighted by Gasteiger charge is 2.57. The van der Waals surface area contributed by atoms with Crippen molar-refractivity contribution in [1.82, 2.24) is 15.3 Å². The van der Waals surface area contributed by atoms with Crippen molar-refractivity contribution in [3.8, 4) is 11.1 Å². The summed E-state index contributed by atoms with van der Waals surface area (Å²) < 4.78 is 0. The molecule has 174 valence electrons. The van der Waals surface area contributed by atoms with E-state index in [0.717, 1.165) is 22.8 Å². The highest BCUT2D eigenvalue weighted by atomic mass is 16.4. The molecule has 1 amide bonds. The molecule has 1 aliphatic carbocycles. The summed E-state index contributed by atoms with van der Waals surface area (Å²) in [6.45, 7) is 1.57. The molecule has 4 N–H and O–H groups in total. The summed E-state index contributed by atoms with van der Waals surface area (Å²) in [6, 6.07) is 18.7. The number of H-pyrrole nitrogens is 1. The van der Waals surface area contributed by atoms with Crippen LogP contribution < -0.4 is 11.0 Å². The number of carbonyl (C=O) groups excluding carboxylic acids is 1. The molecule has 0 saturated heterocycles. The van der Waals surface area contributed by atoms with Crippen LogP contribution in [0.4, 0.5) is 0 Å². The highest BCUT2D eigenvalue weighted by Crippen LogP contribution is 2.55. The molecule has 4 rings (SSSR count). The summed E-state index contributed by atoms with van der Waals surface area (Å²) in [5, 5.41) is 21.4. The van der Waals surface area contributed by atoms with Crippen LogP contribution in [-0.4, -0.2) is 43.6 Å². The fraction of sp³-hybridized carbons (Fsp3) is 0.240. The molecule has 0 aliphatic heterocycles. The van der Waals surface area contributed by atoms with Gasteiger partial charge in [0.15, 0.2) is 0 Å². The molecule has 1 unspecified atom stereocenters. The number of hydrogen-bond acceptors (Lipinski definition) is 5. The maximum atomic E-state index is 12.9. The van der Waals surface area contributed by atoms with Crippen molar-refractivity contribution >= 4 is 17.8 Å². The van der Waals surface area contributed by atoms with E-state index in [-0.39, 0.29) is 18.0 Å². The number of carboxylic acids is 2. The molecule has 9 nitrogen and oxygen atoms in total. The molecule has 0 spiro atoms. The van der Waals surface area contributed by atoms with E-state index in [2.05, 4.69) is 15.3 Å². The molecule has 1 aliphatic rings. The van der Waals surface area contributed by atoms with Gasteiger partial charge in [-0.3, -0.25) is 14.6 Å². The predicted molar refractivity (Wildman–Crippen MR) is 123 cm³/mol. The van der Waals surface area contributed by atoms with E-state index >= 15 is 0 Å². The van der Waals surface area contributed by atoms with Crippen LogP contribution in [0.1, 0.15) is 52.2 Å². The Hall–Kier alpha value is -4.27. The van der Waals surface area contributed by atoms with Gasteiger partial charge in [-0.25, -0.2) is 9.59 Å². The molecule has 3 atom stereocenters. The third kappa shape index (κ3) is 4.73. The Morgan fingerprint density at radius 2 is 1.74 bits per heavy atom. The van der Waals surface area contributed by atoms with Gasteiger partial charge in [0.25, 0.3) is 5.91 Å². The number of aliphatic carboxylic acids is 1. The Bertz CT molecular complexity index is 1300. The lowest BCUT2D eigenvalue weighted by atomic mass is 9.94. The number of hydrogen-bond donors (Lipinski definition) is 4. The molecule has 3 aromatic rings. The molecular formula is C25H23N3O6. The molecule has 34 heavy (non-hydrogen) atoms. The van der Waals surface area contributed by atoms with Crippen LogP contribution in [0.3, 0.4) is 0 Å². The Balaban J connectivity index is 1.60. The first-order valence-corrected chi connectivity index (χ1v) is 10.7. The minimum Gasteiger partial charge on any atom is -0.481 e. The van der Waals surface area contributed by atoms with Gasteiger partial charge in [-0.1, -0.05) is 61.5 Å². The topological polar surface area (TPSA) is 149 Å². The van der Waals surface area contributed by atoms with E-state index in [0.29, 0.717) is 6.42 Å². The lowest BCUT2D eigenvalue weighted by Gasteiger charge is -2.22. The Kier molecular flexibility index (Phi) is 6.02. The molecule has 1 fully saturated rings. The first-order chi connectivity index (χ1) is 16.2. The molecule has 0 bridgehead atoms. The van der Waals surface area contributed by atoms with Crippen molar-refractivity contribution in [2.75, 3.05) is 0 Å². The van der Waals surface area contributed by atoms with Gasteiger partial charge in [-0.05, 0) is 29.5 Å².